The fraction of sp³-hybridized carbons (Fsp3) is 0.312. The molecule has 0 bridgehead atoms. The molecule has 1 aliphatic rings. The first-order valence-electron chi connectivity index (χ1n) is 6.94. The number of nitriles is 1. The molecule has 1 aliphatic heterocycles. The molecule has 1 aromatic rings. The number of hydrogen-bond donors (Lipinski definition) is 2. The summed E-state index contributed by atoms with van der Waals surface area (Å²) in [5, 5.41) is 9.03. The molecule has 2 rings (SSSR count). The Kier molecular flexibility index (Phi) is 3.87. The van der Waals surface area contributed by atoms with E-state index in [2.05, 4.69) is 0 Å². The quantitative estimate of drug-likeness (QED) is 0.855. The second kappa shape index (κ2) is 5.39. The molecule has 0 spiro atoms. The molecule has 1 aromatic carbocycles. The zero-order chi connectivity index (χ0) is 17.5. The Morgan fingerprint density at radius 1 is 1.39 bits per heavy atom. The van der Waals surface area contributed by atoms with Crippen molar-refractivity contribution < 1.29 is 14.0 Å². The molecule has 0 aromatic heterocycles. The summed E-state index contributed by atoms with van der Waals surface area (Å²) in [5.74, 6) is -2.69. The number of allylic oxidation sites excluding steroid dienone is 1. The third-order valence-corrected chi connectivity index (χ3v) is 4.65. The number of carbonyl (C=O) groups is 2. The maximum absolute atomic E-state index is 13.6. The minimum atomic E-state index is -1.41. The lowest BCUT2D eigenvalue weighted by molar-refractivity contribution is -0.130. The van der Waals surface area contributed by atoms with Crippen molar-refractivity contribution in [2.45, 2.75) is 19.4 Å². The standard InChI is InChI=1S/C16H17FN4O2/c1-8-13(14(19)22)9(2)21(3)16(8,15(20)23)11-4-5-12(17)10(6-11)7-18/h4-6,8H,1-3H3,(H2,19,22)(H2,20,23). The van der Waals surface area contributed by atoms with Crippen molar-refractivity contribution in [1.82, 2.24) is 4.90 Å². The van der Waals surface area contributed by atoms with E-state index in [1.165, 1.54) is 12.1 Å². The van der Waals surface area contributed by atoms with Gasteiger partial charge in [0.15, 0.2) is 5.54 Å². The fourth-order valence-corrected chi connectivity index (χ4v) is 3.46. The molecular weight excluding hydrogens is 299 g/mol. The van der Waals surface area contributed by atoms with Crippen LogP contribution >= 0.6 is 0 Å². The van der Waals surface area contributed by atoms with Crippen LogP contribution in [0, 0.1) is 23.1 Å². The van der Waals surface area contributed by atoms with Crippen LogP contribution in [0.15, 0.2) is 29.5 Å². The van der Waals surface area contributed by atoms with Gasteiger partial charge in [-0.15, -0.1) is 0 Å². The fourth-order valence-electron chi connectivity index (χ4n) is 3.46. The van der Waals surface area contributed by atoms with E-state index in [-0.39, 0.29) is 11.1 Å². The van der Waals surface area contributed by atoms with Gasteiger partial charge < -0.3 is 16.4 Å². The molecule has 1 heterocycles. The van der Waals surface area contributed by atoms with E-state index in [1.807, 2.05) is 0 Å². The second-order valence-electron chi connectivity index (χ2n) is 5.58. The summed E-state index contributed by atoms with van der Waals surface area (Å²) in [6.45, 7) is 3.32. The average molecular weight is 316 g/mol. The van der Waals surface area contributed by atoms with E-state index >= 15 is 0 Å². The number of amides is 2. The molecular formula is C16H17FN4O2. The molecule has 2 amide bonds. The first-order chi connectivity index (χ1) is 10.7. The Morgan fingerprint density at radius 3 is 2.43 bits per heavy atom. The lowest BCUT2D eigenvalue weighted by Gasteiger charge is -2.39. The average Bonchev–Trinajstić information content (AvgIpc) is 2.68. The summed E-state index contributed by atoms with van der Waals surface area (Å²) in [6.07, 6.45) is 0. The summed E-state index contributed by atoms with van der Waals surface area (Å²) in [5.41, 5.74) is 10.6. The zero-order valence-corrected chi connectivity index (χ0v) is 13.1. The van der Waals surface area contributed by atoms with Gasteiger partial charge in [-0.3, -0.25) is 9.59 Å². The summed E-state index contributed by atoms with van der Waals surface area (Å²) in [7, 11) is 1.61. The lowest BCUT2D eigenvalue weighted by atomic mass is 9.76. The summed E-state index contributed by atoms with van der Waals surface area (Å²) < 4.78 is 13.6. The van der Waals surface area contributed by atoms with Crippen molar-refractivity contribution in [3.63, 3.8) is 0 Å². The largest absolute Gasteiger partial charge is 0.367 e. The molecule has 2 atom stereocenters. The van der Waals surface area contributed by atoms with E-state index in [0.717, 1.165) is 6.07 Å². The van der Waals surface area contributed by atoms with Crippen molar-refractivity contribution in [1.29, 1.82) is 5.26 Å². The number of nitrogens with zero attached hydrogens (tertiary/aromatic N) is 2. The number of halogens is 1. The highest BCUT2D eigenvalue weighted by Gasteiger charge is 2.55. The molecule has 0 radical (unpaired) electrons. The second-order valence-corrected chi connectivity index (χ2v) is 5.58. The van der Waals surface area contributed by atoms with Crippen LogP contribution in [0.1, 0.15) is 25.0 Å². The molecule has 4 N–H and O–H groups in total. The number of benzene rings is 1. The molecule has 0 aliphatic carbocycles. The third-order valence-electron chi connectivity index (χ3n) is 4.65. The predicted molar refractivity (Wildman–Crippen MR) is 80.8 cm³/mol. The van der Waals surface area contributed by atoms with Gasteiger partial charge in [0.2, 0.25) is 11.8 Å². The highest BCUT2D eigenvalue weighted by atomic mass is 19.1. The Bertz CT molecular complexity index is 781. The van der Waals surface area contributed by atoms with Crippen LogP contribution in [-0.4, -0.2) is 23.8 Å². The van der Waals surface area contributed by atoms with Crippen LogP contribution in [0.2, 0.25) is 0 Å². The highest BCUT2D eigenvalue weighted by Crippen LogP contribution is 2.47. The van der Waals surface area contributed by atoms with Gasteiger partial charge in [-0.1, -0.05) is 13.0 Å². The smallest absolute Gasteiger partial charge is 0.248 e. The van der Waals surface area contributed by atoms with Crippen molar-refractivity contribution >= 4 is 11.8 Å². The Morgan fingerprint density at radius 2 is 2.00 bits per heavy atom. The number of hydrogen-bond acceptors (Lipinski definition) is 4. The summed E-state index contributed by atoms with van der Waals surface area (Å²) >= 11 is 0. The SMILES string of the molecule is CC1=C(C(N)=O)C(C)C(C(N)=O)(c2ccc(F)c(C#N)c2)N1C. The van der Waals surface area contributed by atoms with Gasteiger partial charge in [0.25, 0.3) is 0 Å². The van der Waals surface area contributed by atoms with Crippen LogP contribution in [0.4, 0.5) is 4.39 Å². The minimum Gasteiger partial charge on any atom is -0.367 e. The van der Waals surface area contributed by atoms with E-state index in [0.29, 0.717) is 11.3 Å². The number of likely N-dealkylation sites (N-methyl/N-ethyl adjacent to an activating group) is 1. The van der Waals surface area contributed by atoms with Crippen LogP contribution in [0.25, 0.3) is 0 Å². The van der Waals surface area contributed by atoms with E-state index in [1.54, 1.807) is 31.9 Å². The van der Waals surface area contributed by atoms with Gasteiger partial charge in [-0.05, 0) is 24.6 Å². The van der Waals surface area contributed by atoms with Gasteiger partial charge in [-0.2, -0.15) is 5.26 Å². The number of rotatable bonds is 3. The molecule has 7 heteroatoms. The summed E-state index contributed by atoms with van der Waals surface area (Å²) in [4.78, 5) is 25.7. The van der Waals surface area contributed by atoms with Gasteiger partial charge in [0, 0.05) is 24.2 Å². The van der Waals surface area contributed by atoms with Gasteiger partial charge in [0.05, 0.1) is 5.56 Å². The van der Waals surface area contributed by atoms with Crippen LogP contribution in [0.3, 0.4) is 0 Å². The molecule has 6 nitrogen and oxygen atoms in total. The first kappa shape index (κ1) is 16.5. The Hall–Kier alpha value is -2.88. The molecule has 0 saturated carbocycles. The van der Waals surface area contributed by atoms with E-state index in [9.17, 15) is 14.0 Å². The molecule has 2 unspecified atom stereocenters. The van der Waals surface area contributed by atoms with Gasteiger partial charge in [-0.25, -0.2) is 4.39 Å². The maximum atomic E-state index is 13.6. The van der Waals surface area contributed by atoms with Crippen molar-refractivity contribution in [3.8, 4) is 6.07 Å². The van der Waals surface area contributed by atoms with E-state index < -0.39 is 29.1 Å². The van der Waals surface area contributed by atoms with Gasteiger partial charge >= 0.3 is 0 Å². The third kappa shape index (κ3) is 2.06. The number of nitrogens with two attached hydrogens (primary N) is 2. The monoisotopic (exact) mass is 316 g/mol. The number of carbonyl (C=O) groups excluding carboxylic acids is 2. The van der Waals surface area contributed by atoms with Crippen molar-refractivity contribution in [2.24, 2.45) is 17.4 Å². The van der Waals surface area contributed by atoms with Crippen molar-refractivity contribution in [3.05, 3.63) is 46.4 Å². The highest BCUT2D eigenvalue weighted by molar-refractivity contribution is 5.98. The topological polar surface area (TPSA) is 113 Å². The summed E-state index contributed by atoms with van der Waals surface area (Å²) in [6, 6.07) is 5.52. The lowest BCUT2D eigenvalue weighted by Crippen LogP contribution is -2.54. The molecule has 23 heavy (non-hydrogen) atoms. The van der Waals surface area contributed by atoms with Crippen LogP contribution < -0.4 is 11.5 Å². The zero-order valence-electron chi connectivity index (χ0n) is 13.1. The van der Waals surface area contributed by atoms with E-state index in [4.69, 9.17) is 16.7 Å². The van der Waals surface area contributed by atoms with Gasteiger partial charge in [0.1, 0.15) is 11.9 Å². The molecule has 120 valence electrons. The maximum Gasteiger partial charge on any atom is 0.248 e. The predicted octanol–water partition coefficient (Wildman–Crippen LogP) is 0.719. The minimum absolute atomic E-state index is 0.200. The normalized spacial score (nSPS) is 23.8. The number of primary amides is 2. The van der Waals surface area contributed by atoms with Crippen LogP contribution in [0.5, 0.6) is 0 Å². The molecule has 0 fully saturated rings. The van der Waals surface area contributed by atoms with Crippen LogP contribution in [-0.2, 0) is 15.1 Å². The molecule has 0 saturated heterocycles. The Labute approximate surface area is 133 Å². The Balaban J connectivity index is 2.76. The first-order valence-corrected chi connectivity index (χ1v) is 6.94. The van der Waals surface area contributed by atoms with Crippen molar-refractivity contribution in [2.75, 3.05) is 7.05 Å².